The maximum absolute atomic E-state index is 13.6. The number of halogens is 2. The van der Waals surface area contributed by atoms with Gasteiger partial charge in [-0.05, 0) is 88.0 Å². The molecule has 1 aromatic carbocycles. The van der Waals surface area contributed by atoms with Gasteiger partial charge >= 0.3 is 12.1 Å². The summed E-state index contributed by atoms with van der Waals surface area (Å²) in [6, 6.07) is 2.13. The summed E-state index contributed by atoms with van der Waals surface area (Å²) in [5.41, 5.74) is 0.239. The maximum atomic E-state index is 13.6. The van der Waals surface area contributed by atoms with Crippen LogP contribution < -0.4 is 21.3 Å². The van der Waals surface area contributed by atoms with Gasteiger partial charge in [0.1, 0.15) is 5.60 Å². The third kappa shape index (κ3) is 6.74. The summed E-state index contributed by atoms with van der Waals surface area (Å²) in [6.07, 6.45) is 4.17. The van der Waals surface area contributed by atoms with Crippen LogP contribution in [0.3, 0.4) is 0 Å². The first-order chi connectivity index (χ1) is 19.4. The van der Waals surface area contributed by atoms with Gasteiger partial charge in [-0.1, -0.05) is 0 Å². The van der Waals surface area contributed by atoms with Gasteiger partial charge < -0.3 is 35.6 Å². The average Bonchev–Trinajstić information content (AvgIpc) is 3.45. The van der Waals surface area contributed by atoms with Crippen molar-refractivity contribution in [2.45, 2.75) is 82.6 Å². The number of rotatable bonds is 10. The summed E-state index contributed by atoms with van der Waals surface area (Å²) >= 11 is 0. The van der Waals surface area contributed by atoms with Crippen molar-refractivity contribution in [3.63, 3.8) is 0 Å². The monoisotopic (exact) mass is 577 g/mol. The van der Waals surface area contributed by atoms with E-state index in [1.54, 1.807) is 25.7 Å². The van der Waals surface area contributed by atoms with Crippen LogP contribution in [0.25, 0.3) is 0 Å². The summed E-state index contributed by atoms with van der Waals surface area (Å²) in [6.45, 7) is 7.37. The number of benzene rings is 1. The molecule has 4 aliphatic carbocycles. The van der Waals surface area contributed by atoms with Gasteiger partial charge in [0.05, 0.1) is 19.8 Å². The molecular formula is C29H41F2N5O5. The van der Waals surface area contributed by atoms with Crippen LogP contribution in [-0.2, 0) is 27.4 Å². The van der Waals surface area contributed by atoms with Crippen LogP contribution in [0.15, 0.2) is 12.1 Å². The van der Waals surface area contributed by atoms with Gasteiger partial charge in [0, 0.05) is 37.3 Å². The first-order valence-electron chi connectivity index (χ1n) is 14.5. The normalized spacial score (nSPS) is 27.6. The molecule has 12 heteroatoms. The fraction of sp³-hybridized carbons (Fsp3) is 0.690. The Morgan fingerprint density at radius 1 is 1.00 bits per heavy atom. The topological polar surface area (TPSA) is 121 Å². The van der Waals surface area contributed by atoms with Gasteiger partial charge in [-0.15, -0.1) is 0 Å². The molecule has 1 aromatic rings. The van der Waals surface area contributed by atoms with Crippen LogP contribution in [0.5, 0.6) is 0 Å². The second-order valence-electron chi connectivity index (χ2n) is 13.1. The Kier molecular flexibility index (Phi) is 8.17. The van der Waals surface area contributed by atoms with Crippen LogP contribution in [0.2, 0.25) is 0 Å². The number of alkyl carbamates (subject to hydrolysis) is 1. The Balaban J connectivity index is 1.03. The van der Waals surface area contributed by atoms with Crippen LogP contribution in [-0.4, -0.2) is 72.5 Å². The number of fused-ring (bicyclic) bond motifs is 1. The molecule has 10 nitrogen and oxygen atoms in total. The van der Waals surface area contributed by atoms with E-state index in [1.165, 1.54) is 12.1 Å². The summed E-state index contributed by atoms with van der Waals surface area (Å²) in [5, 5.41) is 12.3. The van der Waals surface area contributed by atoms with Crippen molar-refractivity contribution in [2.75, 3.05) is 32.8 Å². The third-order valence-electron chi connectivity index (χ3n) is 8.76. The maximum Gasteiger partial charge on any atom is 0.407 e. The van der Waals surface area contributed by atoms with E-state index in [0.29, 0.717) is 49.3 Å². The Hall–Kier alpha value is -2.99. The van der Waals surface area contributed by atoms with Crippen molar-refractivity contribution in [3.05, 3.63) is 34.9 Å². The number of hydrogen-bond donors (Lipinski definition) is 4. The van der Waals surface area contributed by atoms with Crippen LogP contribution in [0.4, 0.5) is 18.4 Å². The number of carbonyl (C=O) groups excluding carboxylic acids is 3. The second-order valence-corrected chi connectivity index (χ2v) is 13.1. The lowest BCUT2D eigenvalue weighted by Gasteiger charge is -2.42. The van der Waals surface area contributed by atoms with Crippen LogP contribution >= 0.6 is 0 Å². The zero-order valence-electron chi connectivity index (χ0n) is 24.0. The molecule has 1 heterocycles. The van der Waals surface area contributed by atoms with Crippen molar-refractivity contribution in [2.24, 2.45) is 11.8 Å². The molecule has 4 bridgehead atoms. The van der Waals surface area contributed by atoms with E-state index in [9.17, 15) is 23.2 Å². The molecule has 0 spiro atoms. The van der Waals surface area contributed by atoms with Gasteiger partial charge in [0.2, 0.25) is 5.91 Å². The molecule has 1 aliphatic heterocycles. The molecule has 4 fully saturated rings. The smallest absolute Gasteiger partial charge is 0.407 e. The number of urea groups is 1. The highest BCUT2D eigenvalue weighted by Crippen LogP contribution is 2.62. The highest BCUT2D eigenvalue weighted by atomic mass is 19.2. The quantitative estimate of drug-likeness (QED) is 0.318. The molecule has 226 valence electrons. The van der Waals surface area contributed by atoms with E-state index in [0.717, 1.165) is 32.1 Å². The number of ether oxygens (including phenoxy) is 2. The number of nitrogens with one attached hydrogen (secondary N) is 4. The molecule has 5 aliphatic rings. The number of nitrogens with zero attached hydrogens (tertiary/aromatic N) is 1. The minimum absolute atomic E-state index is 0.0971. The molecule has 0 aromatic heterocycles. The number of hydrogen-bond acceptors (Lipinski definition) is 6. The van der Waals surface area contributed by atoms with Crippen molar-refractivity contribution in [1.29, 1.82) is 0 Å². The first-order valence-corrected chi connectivity index (χ1v) is 14.5. The largest absolute Gasteiger partial charge is 0.444 e. The van der Waals surface area contributed by atoms with Crippen molar-refractivity contribution >= 4 is 18.0 Å². The SMILES string of the molecule is CC(C)(C)OC(=O)NCCOCCNC(=O)NC12CC3CC1CC(NCC(=O)N1Cc4cc(F)c(F)cc4C1)(C3)C2. The van der Waals surface area contributed by atoms with Gasteiger partial charge in [-0.25, -0.2) is 18.4 Å². The molecule has 4 saturated carbocycles. The van der Waals surface area contributed by atoms with E-state index in [-0.39, 0.29) is 42.7 Å². The highest BCUT2D eigenvalue weighted by Gasteiger charge is 2.64. The standard InChI is InChI=1S/C29H41F2N5O5/c1-27(2,3)41-26(39)33-5-7-40-6-4-32-25(38)35-29-12-18-8-21(29)13-28(11-18,17-29)34-14-24(37)36-15-19-9-22(30)23(31)10-20(19)16-36/h9-10,18,21,34H,4-8,11-17H2,1-3H3,(H,33,39)(H2,32,35,38). The lowest BCUT2D eigenvalue weighted by atomic mass is 9.74. The molecule has 6 rings (SSSR count). The molecular weight excluding hydrogens is 536 g/mol. The Morgan fingerprint density at radius 3 is 2.32 bits per heavy atom. The predicted octanol–water partition coefficient (Wildman–Crippen LogP) is 2.94. The zero-order valence-corrected chi connectivity index (χ0v) is 24.0. The first kappa shape index (κ1) is 29.5. The van der Waals surface area contributed by atoms with Crippen LogP contribution in [0, 0.1) is 23.5 Å². The molecule has 4 N–H and O–H groups in total. The van der Waals surface area contributed by atoms with Gasteiger partial charge in [0.25, 0.3) is 0 Å². The summed E-state index contributed by atoms with van der Waals surface area (Å²) in [5.74, 6) is -1.04. The van der Waals surface area contributed by atoms with E-state index < -0.39 is 23.3 Å². The third-order valence-corrected chi connectivity index (χ3v) is 8.76. The summed E-state index contributed by atoms with van der Waals surface area (Å²) in [7, 11) is 0. The van der Waals surface area contributed by atoms with Crippen molar-refractivity contribution < 1.29 is 32.6 Å². The molecule has 0 radical (unpaired) electrons. The van der Waals surface area contributed by atoms with E-state index in [1.807, 2.05) is 0 Å². The zero-order chi connectivity index (χ0) is 29.4. The summed E-state index contributed by atoms with van der Waals surface area (Å²) < 4.78 is 37.9. The van der Waals surface area contributed by atoms with Crippen LogP contribution in [0.1, 0.15) is 64.0 Å². The lowest BCUT2D eigenvalue weighted by Crippen LogP contribution is -2.57. The second kappa shape index (κ2) is 11.4. The molecule has 0 saturated heterocycles. The van der Waals surface area contributed by atoms with Gasteiger partial charge in [-0.2, -0.15) is 0 Å². The Morgan fingerprint density at radius 2 is 1.66 bits per heavy atom. The van der Waals surface area contributed by atoms with Crippen molar-refractivity contribution in [3.8, 4) is 0 Å². The number of amides is 4. The molecule has 4 amide bonds. The Bertz CT molecular complexity index is 1160. The minimum Gasteiger partial charge on any atom is -0.444 e. The summed E-state index contributed by atoms with van der Waals surface area (Å²) in [4.78, 5) is 39.1. The Labute approximate surface area is 239 Å². The predicted molar refractivity (Wildman–Crippen MR) is 146 cm³/mol. The van der Waals surface area contributed by atoms with E-state index >= 15 is 0 Å². The molecule has 4 atom stereocenters. The highest BCUT2D eigenvalue weighted by molar-refractivity contribution is 5.79. The van der Waals surface area contributed by atoms with Gasteiger partial charge in [-0.3, -0.25) is 4.79 Å². The lowest BCUT2D eigenvalue weighted by molar-refractivity contribution is -0.131. The molecule has 41 heavy (non-hydrogen) atoms. The van der Waals surface area contributed by atoms with E-state index in [2.05, 4.69) is 21.3 Å². The molecule has 4 unspecified atom stereocenters. The average molecular weight is 578 g/mol. The minimum atomic E-state index is -0.893. The fourth-order valence-electron chi connectivity index (χ4n) is 7.39. The van der Waals surface area contributed by atoms with E-state index in [4.69, 9.17) is 9.47 Å². The number of carbonyl (C=O) groups is 3. The van der Waals surface area contributed by atoms with Gasteiger partial charge in [0.15, 0.2) is 11.6 Å². The fourth-order valence-corrected chi connectivity index (χ4v) is 7.39. The van der Waals surface area contributed by atoms with Crippen molar-refractivity contribution in [1.82, 2.24) is 26.2 Å².